The Morgan fingerprint density at radius 3 is 2.88 bits per heavy atom. The molecule has 1 N–H and O–H groups in total. The zero-order valence-electron chi connectivity index (χ0n) is 14.5. The molecule has 0 aliphatic carbocycles. The Labute approximate surface area is 145 Å². The van der Waals surface area contributed by atoms with Crippen molar-refractivity contribution in [3.05, 3.63) is 46.8 Å². The minimum Gasteiger partial charge on any atom is -0.423 e. The molecule has 4 rings (SSSR count). The number of carbonyl (C=O) groups excluding carboxylic acids is 1. The van der Waals surface area contributed by atoms with Crippen LogP contribution in [0.25, 0.3) is 10.9 Å². The first kappa shape index (κ1) is 15.8. The number of aromatic amines is 1. The van der Waals surface area contributed by atoms with E-state index in [0.29, 0.717) is 37.1 Å². The minimum absolute atomic E-state index is 0.0516. The Balaban J connectivity index is 1.69. The van der Waals surface area contributed by atoms with E-state index in [1.807, 2.05) is 25.1 Å². The lowest BCUT2D eigenvalue weighted by Crippen LogP contribution is -2.43. The number of carbonyl (C=O) groups is 1. The number of fused-ring (bicyclic) bond motifs is 1. The molecule has 1 fully saturated rings. The highest BCUT2D eigenvalue weighted by Gasteiger charge is 2.33. The van der Waals surface area contributed by atoms with Gasteiger partial charge in [0.15, 0.2) is 0 Å². The molecule has 0 saturated carbocycles. The summed E-state index contributed by atoms with van der Waals surface area (Å²) >= 11 is 0. The van der Waals surface area contributed by atoms with Crippen molar-refractivity contribution in [3.8, 4) is 0 Å². The van der Waals surface area contributed by atoms with Crippen LogP contribution in [0.1, 0.15) is 39.4 Å². The van der Waals surface area contributed by atoms with E-state index in [2.05, 4.69) is 22.1 Å². The first-order valence-electron chi connectivity index (χ1n) is 8.32. The summed E-state index contributed by atoms with van der Waals surface area (Å²) in [6.07, 6.45) is 0. The highest BCUT2D eigenvalue weighted by atomic mass is 16.5. The van der Waals surface area contributed by atoms with Crippen LogP contribution in [0.5, 0.6) is 0 Å². The van der Waals surface area contributed by atoms with Crippen LogP contribution < -0.4 is 0 Å². The maximum atomic E-state index is 13.1. The summed E-state index contributed by atoms with van der Waals surface area (Å²) in [7, 11) is 0. The zero-order valence-corrected chi connectivity index (χ0v) is 14.5. The van der Waals surface area contributed by atoms with Crippen LogP contribution in [0, 0.1) is 20.8 Å². The maximum absolute atomic E-state index is 13.1. The van der Waals surface area contributed by atoms with Crippen LogP contribution in [-0.4, -0.2) is 45.7 Å². The number of nitrogens with one attached hydrogen (secondary N) is 1. The van der Waals surface area contributed by atoms with Gasteiger partial charge in [-0.05, 0) is 37.6 Å². The Morgan fingerprint density at radius 1 is 1.28 bits per heavy atom. The minimum atomic E-state index is -0.354. The predicted octanol–water partition coefficient (Wildman–Crippen LogP) is 2.69. The van der Waals surface area contributed by atoms with E-state index in [1.54, 1.807) is 11.8 Å². The van der Waals surface area contributed by atoms with Crippen LogP contribution in [0.2, 0.25) is 0 Å². The van der Waals surface area contributed by atoms with Crippen molar-refractivity contribution in [3.63, 3.8) is 0 Å². The predicted molar refractivity (Wildman–Crippen MR) is 91.4 cm³/mol. The molecule has 0 spiro atoms. The molecule has 7 nitrogen and oxygen atoms in total. The molecule has 0 radical (unpaired) electrons. The highest BCUT2D eigenvalue weighted by molar-refractivity contribution is 5.99. The third kappa shape index (κ3) is 2.70. The number of aryl methyl sites for hydroxylation is 3. The summed E-state index contributed by atoms with van der Waals surface area (Å²) in [5.41, 5.74) is 3.97. The van der Waals surface area contributed by atoms with Crippen molar-refractivity contribution in [2.45, 2.75) is 26.8 Å². The molecule has 0 bridgehead atoms. The highest BCUT2D eigenvalue weighted by Crippen LogP contribution is 2.27. The van der Waals surface area contributed by atoms with E-state index < -0.39 is 0 Å². The molecule has 3 aromatic rings. The number of hydrogen-bond donors (Lipinski definition) is 1. The molecule has 1 aliphatic heterocycles. The first-order chi connectivity index (χ1) is 12.0. The second kappa shape index (κ2) is 6.00. The molecule has 130 valence electrons. The van der Waals surface area contributed by atoms with Gasteiger partial charge in [-0.25, -0.2) is 0 Å². The standard InChI is InChI=1S/C18H20N4O3/c1-10-11(2)19-15-5-4-13(8-14(10)15)18(23)22-6-7-24-9-16(22)17-21-20-12(3)25-17/h4-5,8,16,19H,6-7,9H2,1-3H3/t16-/m1/s1. The molecule has 3 heterocycles. The lowest BCUT2D eigenvalue weighted by molar-refractivity contribution is -0.0106. The molecule has 1 saturated heterocycles. The fourth-order valence-electron chi connectivity index (χ4n) is 3.26. The Bertz CT molecular complexity index is 943. The fourth-order valence-corrected chi connectivity index (χ4v) is 3.26. The van der Waals surface area contributed by atoms with Crippen LogP contribution in [0.15, 0.2) is 22.6 Å². The average molecular weight is 340 g/mol. The number of ether oxygens (including phenoxy) is 1. The second-order valence-electron chi connectivity index (χ2n) is 6.38. The van der Waals surface area contributed by atoms with Gasteiger partial charge in [-0.1, -0.05) is 0 Å². The van der Waals surface area contributed by atoms with Crippen LogP contribution in [0.3, 0.4) is 0 Å². The van der Waals surface area contributed by atoms with Gasteiger partial charge in [-0.2, -0.15) is 0 Å². The number of amides is 1. The quantitative estimate of drug-likeness (QED) is 0.775. The summed E-state index contributed by atoms with van der Waals surface area (Å²) in [6.45, 7) is 7.18. The van der Waals surface area contributed by atoms with Crippen molar-refractivity contribution in [2.24, 2.45) is 0 Å². The molecule has 1 atom stereocenters. The van der Waals surface area contributed by atoms with Gasteiger partial charge in [0.05, 0.1) is 13.2 Å². The van der Waals surface area contributed by atoms with Crippen LogP contribution in [0.4, 0.5) is 0 Å². The van der Waals surface area contributed by atoms with Gasteiger partial charge in [0, 0.05) is 35.6 Å². The number of aromatic nitrogens is 3. The van der Waals surface area contributed by atoms with Crippen molar-refractivity contribution in [2.75, 3.05) is 19.8 Å². The average Bonchev–Trinajstić information content (AvgIpc) is 3.18. The van der Waals surface area contributed by atoms with E-state index in [1.165, 1.54) is 0 Å². The summed E-state index contributed by atoms with van der Waals surface area (Å²) in [5, 5.41) is 9.01. The summed E-state index contributed by atoms with van der Waals surface area (Å²) in [6, 6.07) is 5.40. The van der Waals surface area contributed by atoms with Gasteiger partial charge < -0.3 is 19.0 Å². The monoisotopic (exact) mass is 340 g/mol. The van der Waals surface area contributed by atoms with Crippen LogP contribution >= 0.6 is 0 Å². The van der Waals surface area contributed by atoms with Gasteiger partial charge in [0.1, 0.15) is 6.04 Å². The topological polar surface area (TPSA) is 84.3 Å². The van der Waals surface area contributed by atoms with E-state index in [4.69, 9.17) is 9.15 Å². The number of benzene rings is 1. The van der Waals surface area contributed by atoms with Crippen molar-refractivity contribution < 1.29 is 13.9 Å². The van der Waals surface area contributed by atoms with Gasteiger partial charge in [-0.3, -0.25) is 4.79 Å². The lowest BCUT2D eigenvalue weighted by atomic mass is 10.1. The first-order valence-corrected chi connectivity index (χ1v) is 8.32. The smallest absolute Gasteiger partial charge is 0.254 e. The Morgan fingerprint density at radius 2 is 2.12 bits per heavy atom. The lowest BCUT2D eigenvalue weighted by Gasteiger charge is -2.33. The molecular formula is C18H20N4O3. The SMILES string of the molecule is Cc1nnc([C@H]2COCCN2C(=O)c2ccc3[nH]c(C)c(C)c3c2)o1. The van der Waals surface area contributed by atoms with Crippen molar-refractivity contribution >= 4 is 16.8 Å². The maximum Gasteiger partial charge on any atom is 0.254 e. The Hall–Kier alpha value is -2.67. The normalized spacial score (nSPS) is 18.0. The fraction of sp³-hybridized carbons (Fsp3) is 0.389. The third-order valence-corrected chi connectivity index (χ3v) is 4.77. The second-order valence-corrected chi connectivity index (χ2v) is 6.38. The van der Waals surface area contributed by atoms with Crippen LogP contribution in [-0.2, 0) is 4.74 Å². The molecule has 1 aliphatic rings. The molecule has 1 amide bonds. The largest absolute Gasteiger partial charge is 0.423 e. The number of hydrogen-bond acceptors (Lipinski definition) is 5. The van der Waals surface area contributed by atoms with Gasteiger partial charge in [-0.15, -0.1) is 10.2 Å². The molecule has 7 heteroatoms. The van der Waals surface area contributed by atoms with E-state index in [-0.39, 0.29) is 11.9 Å². The van der Waals surface area contributed by atoms with Gasteiger partial charge >= 0.3 is 0 Å². The molecule has 0 unspecified atom stereocenters. The summed E-state index contributed by atoms with van der Waals surface area (Å²) in [4.78, 5) is 18.2. The zero-order chi connectivity index (χ0) is 17.6. The summed E-state index contributed by atoms with van der Waals surface area (Å²) < 4.78 is 11.1. The third-order valence-electron chi connectivity index (χ3n) is 4.77. The molecular weight excluding hydrogens is 320 g/mol. The number of nitrogens with zero attached hydrogens (tertiary/aromatic N) is 3. The van der Waals surface area contributed by atoms with Crippen molar-refractivity contribution in [1.82, 2.24) is 20.1 Å². The molecule has 1 aromatic carbocycles. The van der Waals surface area contributed by atoms with E-state index >= 15 is 0 Å². The Kier molecular flexibility index (Phi) is 3.80. The van der Waals surface area contributed by atoms with Crippen molar-refractivity contribution in [1.29, 1.82) is 0 Å². The summed E-state index contributed by atoms with van der Waals surface area (Å²) in [5.74, 6) is 0.845. The molecule has 2 aromatic heterocycles. The van der Waals surface area contributed by atoms with Gasteiger partial charge in [0.2, 0.25) is 11.8 Å². The van der Waals surface area contributed by atoms with Gasteiger partial charge in [0.25, 0.3) is 5.91 Å². The van der Waals surface area contributed by atoms with E-state index in [0.717, 1.165) is 22.2 Å². The number of rotatable bonds is 2. The molecule has 25 heavy (non-hydrogen) atoms. The number of morpholine rings is 1. The number of H-pyrrole nitrogens is 1. The van der Waals surface area contributed by atoms with E-state index in [9.17, 15) is 4.79 Å².